The van der Waals surface area contributed by atoms with Crippen molar-refractivity contribution in [2.45, 2.75) is 0 Å². The summed E-state index contributed by atoms with van der Waals surface area (Å²) in [6.45, 7) is 1.31. The van der Waals surface area contributed by atoms with Crippen molar-refractivity contribution < 1.29 is 4.79 Å². The van der Waals surface area contributed by atoms with Crippen LogP contribution in [0, 0.1) is 17.2 Å². The normalized spacial score (nSPS) is 15.1. The number of carbonyl (C=O) groups is 1. The van der Waals surface area contributed by atoms with E-state index >= 15 is 0 Å². The number of nitrogens with zero attached hydrogens (tertiary/aromatic N) is 3. The van der Waals surface area contributed by atoms with Crippen molar-refractivity contribution in [1.82, 2.24) is 10.3 Å². The van der Waals surface area contributed by atoms with E-state index in [2.05, 4.69) is 10.3 Å². The van der Waals surface area contributed by atoms with E-state index in [1.807, 2.05) is 17.0 Å². The summed E-state index contributed by atoms with van der Waals surface area (Å²) in [6, 6.07) is 5.70. The minimum atomic E-state index is 0.0248. The Morgan fingerprint density at radius 3 is 3.06 bits per heavy atom. The molecule has 1 aliphatic heterocycles. The molecule has 1 aromatic rings. The second-order valence-electron chi connectivity index (χ2n) is 3.70. The second kappa shape index (κ2) is 4.19. The maximum absolute atomic E-state index is 11.3. The maximum Gasteiger partial charge on any atom is 0.226 e. The SMILES string of the molecule is CNC(=O)C1CN(c2cccnc2C#N)C1. The number of anilines is 1. The average Bonchev–Trinajstić information content (AvgIpc) is 2.27. The van der Waals surface area contributed by atoms with Gasteiger partial charge in [-0.25, -0.2) is 4.98 Å². The Labute approximate surface area is 93.7 Å². The van der Waals surface area contributed by atoms with Crippen LogP contribution in [-0.2, 0) is 4.79 Å². The van der Waals surface area contributed by atoms with Crippen LogP contribution in [0.1, 0.15) is 5.69 Å². The standard InChI is InChI=1S/C11H12N4O/c1-13-11(16)8-6-15(7-8)10-3-2-4-14-9(10)5-12/h2-4,8H,6-7H2,1H3,(H,13,16). The van der Waals surface area contributed by atoms with Crippen molar-refractivity contribution in [3.63, 3.8) is 0 Å². The van der Waals surface area contributed by atoms with Gasteiger partial charge in [0.2, 0.25) is 5.91 Å². The van der Waals surface area contributed by atoms with E-state index in [1.54, 1.807) is 19.3 Å². The molecule has 1 N–H and O–H groups in total. The molecule has 1 aromatic heterocycles. The van der Waals surface area contributed by atoms with Crippen LogP contribution >= 0.6 is 0 Å². The van der Waals surface area contributed by atoms with E-state index in [-0.39, 0.29) is 11.8 Å². The molecule has 1 saturated heterocycles. The van der Waals surface area contributed by atoms with E-state index < -0.39 is 0 Å². The van der Waals surface area contributed by atoms with Crippen LogP contribution in [0.25, 0.3) is 0 Å². The number of amides is 1. The minimum absolute atomic E-state index is 0.0248. The molecule has 2 rings (SSSR count). The highest BCUT2D eigenvalue weighted by atomic mass is 16.1. The van der Waals surface area contributed by atoms with Crippen LogP contribution in [-0.4, -0.2) is 31.0 Å². The first-order chi connectivity index (χ1) is 7.76. The molecular formula is C11H12N4O. The predicted molar refractivity (Wildman–Crippen MR) is 58.7 cm³/mol. The molecule has 5 nitrogen and oxygen atoms in total. The first-order valence-electron chi connectivity index (χ1n) is 5.08. The topological polar surface area (TPSA) is 69.0 Å². The van der Waals surface area contributed by atoms with Gasteiger partial charge in [-0.05, 0) is 12.1 Å². The number of pyridine rings is 1. The molecule has 1 aliphatic rings. The van der Waals surface area contributed by atoms with E-state index in [9.17, 15) is 4.79 Å². The lowest BCUT2D eigenvalue weighted by molar-refractivity contribution is -0.125. The van der Waals surface area contributed by atoms with Gasteiger partial charge < -0.3 is 10.2 Å². The zero-order chi connectivity index (χ0) is 11.5. The van der Waals surface area contributed by atoms with Crippen molar-refractivity contribution in [3.05, 3.63) is 24.0 Å². The molecule has 0 aromatic carbocycles. The Kier molecular flexibility index (Phi) is 2.73. The van der Waals surface area contributed by atoms with Gasteiger partial charge in [0.25, 0.3) is 0 Å². The van der Waals surface area contributed by atoms with Gasteiger partial charge in [-0.15, -0.1) is 0 Å². The smallest absolute Gasteiger partial charge is 0.226 e. The first-order valence-corrected chi connectivity index (χ1v) is 5.08. The summed E-state index contributed by atoms with van der Waals surface area (Å²) in [7, 11) is 1.63. The molecule has 2 heterocycles. The number of nitrogens with one attached hydrogen (secondary N) is 1. The highest BCUT2D eigenvalue weighted by Crippen LogP contribution is 2.26. The molecule has 0 spiro atoms. The molecular weight excluding hydrogens is 204 g/mol. The Morgan fingerprint density at radius 1 is 1.69 bits per heavy atom. The summed E-state index contributed by atoms with van der Waals surface area (Å²) in [4.78, 5) is 17.3. The van der Waals surface area contributed by atoms with Crippen LogP contribution in [0.2, 0.25) is 0 Å². The number of rotatable bonds is 2. The summed E-state index contributed by atoms with van der Waals surface area (Å²) < 4.78 is 0. The molecule has 82 valence electrons. The lowest BCUT2D eigenvalue weighted by atomic mass is 9.98. The Balaban J connectivity index is 2.07. The molecule has 0 unspecified atom stereocenters. The number of hydrogen-bond donors (Lipinski definition) is 1. The van der Waals surface area contributed by atoms with E-state index in [1.165, 1.54) is 0 Å². The second-order valence-corrected chi connectivity index (χ2v) is 3.70. The van der Waals surface area contributed by atoms with Crippen LogP contribution in [0.5, 0.6) is 0 Å². The summed E-state index contributed by atoms with van der Waals surface area (Å²) in [5, 5.41) is 11.5. The third-order valence-electron chi connectivity index (χ3n) is 2.73. The van der Waals surface area contributed by atoms with E-state index in [0.717, 1.165) is 5.69 Å². The van der Waals surface area contributed by atoms with Crippen molar-refractivity contribution >= 4 is 11.6 Å². The summed E-state index contributed by atoms with van der Waals surface area (Å²) >= 11 is 0. The van der Waals surface area contributed by atoms with Gasteiger partial charge in [0, 0.05) is 26.3 Å². The highest BCUT2D eigenvalue weighted by molar-refractivity contribution is 5.82. The Morgan fingerprint density at radius 2 is 2.44 bits per heavy atom. The number of carbonyl (C=O) groups excluding carboxylic acids is 1. The van der Waals surface area contributed by atoms with E-state index in [4.69, 9.17) is 5.26 Å². The third kappa shape index (κ3) is 1.70. The average molecular weight is 216 g/mol. The maximum atomic E-state index is 11.3. The largest absolute Gasteiger partial charge is 0.367 e. The van der Waals surface area contributed by atoms with Gasteiger partial charge in [-0.1, -0.05) is 0 Å². The number of aromatic nitrogens is 1. The van der Waals surface area contributed by atoms with Crippen LogP contribution < -0.4 is 10.2 Å². The minimum Gasteiger partial charge on any atom is -0.367 e. The number of nitriles is 1. The zero-order valence-corrected chi connectivity index (χ0v) is 8.97. The van der Waals surface area contributed by atoms with Crippen molar-refractivity contribution in [1.29, 1.82) is 5.26 Å². The fourth-order valence-corrected chi connectivity index (χ4v) is 1.78. The fourth-order valence-electron chi connectivity index (χ4n) is 1.78. The van der Waals surface area contributed by atoms with Gasteiger partial charge >= 0.3 is 0 Å². The summed E-state index contributed by atoms with van der Waals surface area (Å²) in [5.74, 6) is 0.0791. The van der Waals surface area contributed by atoms with Crippen molar-refractivity contribution in [2.75, 3.05) is 25.0 Å². The summed E-state index contributed by atoms with van der Waals surface area (Å²) in [5.41, 5.74) is 1.23. The predicted octanol–water partition coefficient (Wildman–Crippen LogP) is 0.135. The van der Waals surface area contributed by atoms with Gasteiger partial charge in [0.05, 0.1) is 11.6 Å². The molecule has 0 bridgehead atoms. The van der Waals surface area contributed by atoms with Gasteiger partial charge in [-0.2, -0.15) is 5.26 Å². The zero-order valence-electron chi connectivity index (χ0n) is 8.97. The molecule has 0 aliphatic carbocycles. The molecule has 16 heavy (non-hydrogen) atoms. The van der Waals surface area contributed by atoms with Crippen molar-refractivity contribution in [3.8, 4) is 6.07 Å². The quantitative estimate of drug-likeness (QED) is 0.763. The van der Waals surface area contributed by atoms with Crippen LogP contribution in [0.3, 0.4) is 0 Å². The molecule has 5 heteroatoms. The molecule has 0 atom stereocenters. The van der Waals surface area contributed by atoms with Crippen molar-refractivity contribution in [2.24, 2.45) is 5.92 Å². The van der Waals surface area contributed by atoms with Gasteiger partial charge in [0.1, 0.15) is 6.07 Å². The first kappa shape index (κ1) is 10.4. The molecule has 1 amide bonds. The van der Waals surface area contributed by atoms with Crippen LogP contribution in [0.4, 0.5) is 5.69 Å². The molecule has 0 saturated carbocycles. The molecule has 1 fully saturated rings. The monoisotopic (exact) mass is 216 g/mol. The lowest BCUT2D eigenvalue weighted by Crippen LogP contribution is -2.53. The van der Waals surface area contributed by atoms with E-state index in [0.29, 0.717) is 18.8 Å². The highest BCUT2D eigenvalue weighted by Gasteiger charge is 2.33. The van der Waals surface area contributed by atoms with Gasteiger partial charge in [0.15, 0.2) is 5.69 Å². The molecule has 0 radical (unpaired) electrons. The Hall–Kier alpha value is -2.09. The Bertz CT molecular complexity index is 446. The third-order valence-corrected chi connectivity index (χ3v) is 2.73. The lowest BCUT2D eigenvalue weighted by Gasteiger charge is -2.39. The fraction of sp³-hybridized carbons (Fsp3) is 0.364. The summed E-state index contributed by atoms with van der Waals surface area (Å²) in [6.07, 6.45) is 1.60. The van der Waals surface area contributed by atoms with Gasteiger partial charge in [-0.3, -0.25) is 4.79 Å². The number of hydrogen-bond acceptors (Lipinski definition) is 4. The van der Waals surface area contributed by atoms with Crippen LogP contribution in [0.15, 0.2) is 18.3 Å².